The number of hydrogen-bond donors (Lipinski definition) is 1. The second kappa shape index (κ2) is 6.70. The highest BCUT2D eigenvalue weighted by Gasteiger charge is 2.37. The summed E-state index contributed by atoms with van der Waals surface area (Å²) in [6, 6.07) is 2.77. The number of nitrogen functional groups attached to an aromatic ring is 1. The van der Waals surface area contributed by atoms with Gasteiger partial charge in [0.2, 0.25) is 0 Å². The number of esters is 1. The van der Waals surface area contributed by atoms with E-state index in [9.17, 15) is 26.7 Å². The second-order valence-corrected chi connectivity index (χ2v) is 5.21. The van der Waals surface area contributed by atoms with Crippen molar-refractivity contribution in [3.05, 3.63) is 52.6 Å². The molecule has 0 spiro atoms. The molecular formula is C17H14F5NO2. The van der Waals surface area contributed by atoms with Crippen LogP contribution in [0.3, 0.4) is 0 Å². The van der Waals surface area contributed by atoms with E-state index in [4.69, 9.17) is 5.73 Å². The number of alkyl halides is 3. The fourth-order valence-corrected chi connectivity index (χ4v) is 2.62. The van der Waals surface area contributed by atoms with Crippen LogP contribution in [0.1, 0.15) is 28.4 Å². The fraction of sp³-hybridized carbons (Fsp3) is 0.235. The highest BCUT2D eigenvalue weighted by molar-refractivity contribution is 5.98. The van der Waals surface area contributed by atoms with Crippen molar-refractivity contribution in [2.24, 2.45) is 0 Å². The van der Waals surface area contributed by atoms with E-state index in [-0.39, 0.29) is 17.7 Å². The molecule has 2 rings (SSSR count). The third-order valence-corrected chi connectivity index (χ3v) is 3.74. The van der Waals surface area contributed by atoms with Gasteiger partial charge in [-0.2, -0.15) is 13.2 Å². The van der Waals surface area contributed by atoms with Crippen LogP contribution < -0.4 is 5.73 Å². The van der Waals surface area contributed by atoms with Crippen molar-refractivity contribution >= 4 is 11.7 Å². The lowest BCUT2D eigenvalue weighted by molar-refractivity contribution is -0.137. The number of nitrogens with two attached hydrogens (primary N) is 1. The number of carbonyl (C=O) groups is 1. The first-order valence-corrected chi connectivity index (χ1v) is 7.18. The molecule has 0 amide bonds. The first-order chi connectivity index (χ1) is 11.6. The van der Waals surface area contributed by atoms with Crippen molar-refractivity contribution in [3.63, 3.8) is 0 Å². The van der Waals surface area contributed by atoms with E-state index in [1.807, 2.05) is 0 Å². The third kappa shape index (κ3) is 3.42. The number of methoxy groups -OCH3 is 1. The van der Waals surface area contributed by atoms with E-state index in [2.05, 4.69) is 4.74 Å². The molecule has 25 heavy (non-hydrogen) atoms. The van der Waals surface area contributed by atoms with Crippen LogP contribution in [0.2, 0.25) is 0 Å². The van der Waals surface area contributed by atoms with Crippen molar-refractivity contribution in [1.82, 2.24) is 0 Å². The molecule has 2 N–H and O–H groups in total. The monoisotopic (exact) mass is 359 g/mol. The van der Waals surface area contributed by atoms with E-state index in [0.717, 1.165) is 19.2 Å². The van der Waals surface area contributed by atoms with E-state index < -0.39 is 46.0 Å². The van der Waals surface area contributed by atoms with Crippen molar-refractivity contribution in [2.45, 2.75) is 19.5 Å². The van der Waals surface area contributed by atoms with Gasteiger partial charge in [-0.25, -0.2) is 13.6 Å². The van der Waals surface area contributed by atoms with Crippen LogP contribution in [-0.2, 0) is 17.3 Å². The first-order valence-electron chi connectivity index (χ1n) is 7.18. The summed E-state index contributed by atoms with van der Waals surface area (Å²) in [5.41, 5.74) is 2.86. The maximum atomic E-state index is 14.1. The van der Waals surface area contributed by atoms with E-state index >= 15 is 0 Å². The summed E-state index contributed by atoms with van der Waals surface area (Å²) in [5, 5.41) is 0. The second-order valence-electron chi connectivity index (χ2n) is 5.21. The lowest BCUT2D eigenvalue weighted by atomic mass is 9.88. The van der Waals surface area contributed by atoms with Gasteiger partial charge in [0.25, 0.3) is 0 Å². The topological polar surface area (TPSA) is 52.3 Å². The largest absolute Gasteiger partial charge is 0.465 e. The zero-order chi connectivity index (χ0) is 18.9. The van der Waals surface area contributed by atoms with E-state index in [1.54, 1.807) is 0 Å². The maximum absolute atomic E-state index is 14.1. The molecule has 0 saturated carbocycles. The molecule has 0 atom stereocenters. The summed E-state index contributed by atoms with van der Waals surface area (Å²) in [4.78, 5) is 11.7. The van der Waals surface area contributed by atoms with E-state index in [1.165, 1.54) is 6.92 Å². The summed E-state index contributed by atoms with van der Waals surface area (Å²) in [6.45, 7) is 1.51. The zero-order valence-electron chi connectivity index (χ0n) is 13.3. The van der Waals surface area contributed by atoms with Gasteiger partial charge in [0, 0.05) is 22.9 Å². The predicted molar refractivity (Wildman–Crippen MR) is 81.9 cm³/mol. The normalized spacial score (nSPS) is 11.5. The zero-order valence-corrected chi connectivity index (χ0v) is 13.3. The van der Waals surface area contributed by atoms with Crippen molar-refractivity contribution in [2.75, 3.05) is 12.8 Å². The molecule has 0 aliphatic heterocycles. The maximum Gasteiger partial charge on any atom is 0.417 e. The molecule has 134 valence electrons. The summed E-state index contributed by atoms with van der Waals surface area (Å²) in [6.07, 6.45) is -4.90. The van der Waals surface area contributed by atoms with Gasteiger partial charge in [-0.1, -0.05) is 6.92 Å². The molecule has 0 aliphatic carbocycles. The quantitative estimate of drug-likeness (QED) is 0.496. The van der Waals surface area contributed by atoms with Crippen LogP contribution in [0.4, 0.5) is 27.6 Å². The standard InChI is InChI=1S/C17H14F5NO2/c1-3-9-14(10-5-4-8(18)6-13(10)19)12(17(20,21)22)7-11(15(9)23)16(24)25-2/h4-7H,3,23H2,1-2H3. The minimum absolute atomic E-state index is 0.00804. The van der Waals surface area contributed by atoms with Gasteiger partial charge in [-0.05, 0) is 30.2 Å². The summed E-state index contributed by atoms with van der Waals surface area (Å²) < 4.78 is 72.4. The SMILES string of the molecule is CCc1c(N)c(C(=O)OC)cc(C(F)(F)F)c1-c1ccc(F)cc1F. The number of ether oxygens (including phenoxy) is 1. The smallest absolute Gasteiger partial charge is 0.417 e. The lowest BCUT2D eigenvalue weighted by Gasteiger charge is -2.21. The average Bonchev–Trinajstić information content (AvgIpc) is 2.52. The van der Waals surface area contributed by atoms with Gasteiger partial charge in [0.1, 0.15) is 11.6 Å². The van der Waals surface area contributed by atoms with Crippen LogP contribution in [-0.4, -0.2) is 13.1 Å². The minimum atomic E-state index is -4.89. The van der Waals surface area contributed by atoms with Crippen molar-refractivity contribution < 1.29 is 31.5 Å². The molecule has 2 aromatic carbocycles. The van der Waals surface area contributed by atoms with Crippen molar-refractivity contribution in [1.29, 1.82) is 0 Å². The Bertz CT molecular complexity index is 831. The summed E-state index contributed by atoms with van der Waals surface area (Å²) in [7, 11) is 1.01. The molecule has 0 fully saturated rings. The third-order valence-electron chi connectivity index (χ3n) is 3.74. The molecule has 0 bridgehead atoms. The van der Waals surface area contributed by atoms with Gasteiger partial charge >= 0.3 is 12.1 Å². The Balaban J connectivity index is 2.95. The van der Waals surface area contributed by atoms with Gasteiger partial charge in [-0.3, -0.25) is 0 Å². The number of halogens is 5. The van der Waals surface area contributed by atoms with E-state index in [0.29, 0.717) is 12.1 Å². The molecule has 2 aromatic rings. The number of carbonyl (C=O) groups excluding carboxylic acids is 1. The Morgan fingerprint density at radius 3 is 2.32 bits per heavy atom. The predicted octanol–water partition coefficient (Wildman–Crippen LogP) is 4.58. The highest BCUT2D eigenvalue weighted by atomic mass is 19.4. The molecule has 0 aromatic heterocycles. The molecule has 0 unspecified atom stereocenters. The Hall–Kier alpha value is -2.64. The van der Waals surface area contributed by atoms with Crippen LogP contribution in [0.5, 0.6) is 0 Å². The molecule has 0 radical (unpaired) electrons. The Kier molecular flexibility index (Phi) is 5.01. The molecule has 0 aliphatic rings. The van der Waals surface area contributed by atoms with Gasteiger partial charge < -0.3 is 10.5 Å². The molecule has 3 nitrogen and oxygen atoms in total. The number of hydrogen-bond acceptors (Lipinski definition) is 3. The average molecular weight is 359 g/mol. The molecule has 8 heteroatoms. The first kappa shape index (κ1) is 18.7. The fourth-order valence-electron chi connectivity index (χ4n) is 2.62. The van der Waals surface area contributed by atoms with Crippen LogP contribution in [0.25, 0.3) is 11.1 Å². The Morgan fingerprint density at radius 2 is 1.84 bits per heavy atom. The van der Waals surface area contributed by atoms with Gasteiger partial charge in [0.05, 0.1) is 18.2 Å². The Labute approximate surface area is 140 Å². The number of anilines is 1. The summed E-state index contributed by atoms with van der Waals surface area (Å²) >= 11 is 0. The Morgan fingerprint density at radius 1 is 1.20 bits per heavy atom. The molecule has 0 heterocycles. The summed E-state index contributed by atoms with van der Waals surface area (Å²) in [5.74, 6) is -3.12. The van der Waals surface area contributed by atoms with Gasteiger partial charge in [0.15, 0.2) is 0 Å². The molecule has 0 saturated heterocycles. The highest BCUT2D eigenvalue weighted by Crippen LogP contribution is 2.43. The molecular weight excluding hydrogens is 345 g/mol. The van der Waals surface area contributed by atoms with Crippen molar-refractivity contribution in [3.8, 4) is 11.1 Å². The van der Waals surface area contributed by atoms with Crippen LogP contribution in [0, 0.1) is 11.6 Å². The minimum Gasteiger partial charge on any atom is -0.465 e. The van der Waals surface area contributed by atoms with Crippen LogP contribution in [0.15, 0.2) is 24.3 Å². The lowest BCUT2D eigenvalue weighted by Crippen LogP contribution is -2.16. The number of rotatable bonds is 3. The van der Waals surface area contributed by atoms with Gasteiger partial charge in [-0.15, -0.1) is 0 Å². The van der Waals surface area contributed by atoms with Crippen LogP contribution >= 0.6 is 0 Å². The number of benzene rings is 2.